The molecule has 2 aromatic rings. The van der Waals surface area contributed by atoms with Crippen LogP contribution in [0.25, 0.3) is 5.52 Å². The number of fused-ring (bicyclic) bond motifs is 1. The van der Waals surface area contributed by atoms with Crippen molar-refractivity contribution in [2.75, 3.05) is 38.7 Å². The quantitative estimate of drug-likeness (QED) is 0.783. The Bertz CT molecular complexity index is 844. The van der Waals surface area contributed by atoms with E-state index in [1.165, 1.54) is 17.7 Å². The van der Waals surface area contributed by atoms with Gasteiger partial charge in [0.2, 0.25) is 0 Å². The number of hydrogen-bond acceptors (Lipinski definition) is 6. The van der Waals surface area contributed by atoms with Gasteiger partial charge >= 0.3 is 0 Å². The van der Waals surface area contributed by atoms with Crippen LogP contribution in [0.4, 0.5) is 5.82 Å². The summed E-state index contributed by atoms with van der Waals surface area (Å²) in [5.74, 6) is 2.08. The van der Waals surface area contributed by atoms with Gasteiger partial charge in [0.25, 0.3) is 10.2 Å². The molecule has 0 aliphatic carbocycles. The molecule has 0 aromatic carbocycles. The van der Waals surface area contributed by atoms with Crippen LogP contribution in [0.15, 0.2) is 12.5 Å². The van der Waals surface area contributed by atoms with Crippen molar-refractivity contribution in [1.82, 2.24) is 18.9 Å². The zero-order chi connectivity index (χ0) is 17.5. The van der Waals surface area contributed by atoms with E-state index in [1.54, 1.807) is 11.6 Å². The zero-order valence-corrected chi connectivity index (χ0v) is 14.8. The van der Waals surface area contributed by atoms with E-state index in [9.17, 15) is 8.42 Å². The molecular formula is C14H22N6O3S. The molecule has 0 spiro atoms. The van der Waals surface area contributed by atoms with Crippen molar-refractivity contribution in [3.8, 4) is 5.75 Å². The maximum absolute atomic E-state index is 11.2. The van der Waals surface area contributed by atoms with Crippen molar-refractivity contribution in [3.63, 3.8) is 0 Å². The average molecular weight is 354 g/mol. The fourth-order valence-corrected chi connectivity index (χ4v) is 3.33. The highest BCUT2D eigenvalue weighted by atomic mass is 32.2. The lowest BCUT2D eigenvalue weighted by molar-refractivity contribution is 0.343. The third-order valence-corrected chi connectivity index (χ3v) is 5.58. The second-order valence-corrected chi connectivity index (χ2v) is 7.78. The summed E-state index contributed by atoms with van der Waals surface area (Å²) in [6.45, 7) is 4.07. The summed E-state index contributed by atoms with van der Waals surface area (Å²) in [4.78, 5) is 6.59. The van der Waals surface area contributed by atoms with Crippen LogP contribution < -0.4 is 14.8 Å². The molecule has 0 unspecified atom stereocenters. The molecule has 3 rings (SSSR count). The van der Waals surface area contributed by atoms with E-state index in [1.807, 2.05) is 13.1 Å². The lowest BCUT2D eigenvalue weighted by atomic mass is 9.96. The highest BCUT2D eigenvalue weighted by Gasteiger charge is 2.30. The minimum Gasteiger partial charge on any atom is -0.495 e. The molecule has 132 valence electrons. The molecule has 2 N–H and O–H groups in total. The van der Waals surface area contributed by atoms with Gasteiger partial charge in [-0.05, 0) is 19.3 Å². The summed E-state index contributed by atoms with van der Waals surface area (Å²) in [6.07, 6.45) is 4.14. The minimum atomic E-state index is -3.60. The zero-order valence-electron chi connectivity index (χ0n) is 14.0. The number of methoxy groups -OCH3 is 1. The first-order chi connectivity index (χ1) is 11.3. The molecule has 0 amide bonds. The van der Waals surface area contributed by atoms with E-state index < -0.39 is 10.2 Å². The molecule has 1 fully saturated rings. The van der Waals surface area contributed by atoms with Crippen LogP contribution in [0.5, 0.6) is 5.75 Å². The predicted octanol–water partition coefficient (Wildman–Crippen LogP) is 0.00792. The van der Waals surface area contributed by atoms with E-state index >= 15 is 0 Å². The average Bonchev–Trinajstić information content (AvgIpc) is 2.81. The summed E-state index contributed by atoms with van der Waals surface area (Å²) in [5, 5.41) is 9.32. The molecule has 24 heavy (non-hydrogen) atoms. The van der Waals surface area contributed by atoms with Crippen molar-refractivity contribution in [2.24, 2.45) is 11.1 Å². The number of ether oxygens (including phenoxy) is 1. The van der Waals surface area contributed by atoms with E-state index in [2.05, 4.69) is 15.0 Å². The van der Waals surface area contributed by atoms with Crippen LogP contribution in [-0.2, 0) is 10.2 Å². The van der Waals surface area contributed by atoms with Gasteiger partial charge in [0.15, 0.2) is 5.82 Å². The molecule has 1 aliphatic heterocycles. The lowest BCUT2D eigenvalue weighted by Crippen LogP contribution is -2.49. The molecule has 0 bridgehead atoms. The van der Waals surface area contributed by atoms with Gasteiger partial charge < -0.3 is 9.64 Å². The Kier molecular flexibility index (Phi) is 4.37. The highest BCUT2D eigenvalue weighted by Crippen LogP contribution is 2.33. The minimum absolute atomic E-state index is 0.418. The van der Waals surface area contributed by atoms with E-state index in [4.69, 9.17) is 9.88 Å². The first-order valence-electron chi connectivity index (χ1n) is 7.67. The van der Waals surface area contributed by atoms with E-state index in [0.717, 1.165) is 42.2 Å². The molecule has 0 saturated carbocycles. The van der Waals surface area contributed by atoms with Crippen molar-refractivity contribution >= 4 is 21.5 Å². The molecule has 0 atom stereocenters. The number of rotatable bonds is 6. The normalized spacial score (nSPS) is 16.0. The Morgan fingerprint density at radius 2 is 2.17 bits per heavy atom. The van der Waals surface area contributed by atoms with Gasteiger partial charge in [-0.15, -0.1) is 0 Å². The number of nitrogens with two attached hydrogens (primary N) is 1. The van der Waals surface area contributed by atoms with Crippen molar-refractivity contribution in [2.45, 2.75) is 13.3 Å². The van der Waals surface area contributed by atoms with Gasteiger partial charge in [-0.1, -0.05) is 0 Å². The molecule has 2 aromatic heterocycles. The largest absolute Gasteiger partial charge is 0.495 e. The molecule has 0 radical (unpaired) electrons. The van der Waals surface area contributed by atoms with Crippen LogP contribution in [0.1, 0.15) is 12.0 Å². The van der Waals surface area contributed by atoms with Gasteiger partial charge in [-0.2, -0.15) is 17.8 Å². The first kappa shape index (κ1) is 16.9. The van der Waals surface area contributed by atoms with Crippen LogP contribution in [-0.4, -0.2) is 61.1 Å². The fourth-order valence-electron chi connectivity index (χ4n) is 2.97. The molecule has 9 nitrogen and oxygen atoms in total. The topological polar surface area (TPSA) is 106 Å². The lowest BCUT2D eigenvalue weighted by Gasteiger charge is -2.40. The number of aromatic nitrogens is 3. The summed E-state index contributed by atoms with van der Waals surface area (Å²) in [6, 6.07) is 0. The molecule has 3 heterocycles. The number of anilines is 1. The van der Waals surface area contributed by atoms with Gasteiger partial charge in [0.05, 0.1) is 13.3 Å². The summed E-state index contributed by atoms with van der Waals surface area (Å²) < 4.78 is 30.7. The summed E-state index contributed by atoms with van der Waals surface area (Å²) >= 11 is 0. The van der Waals surface area contributed by atoms with Gasteiger partial charge in [-0.3, -0.25) is 0 Å². The molecule has 10 heteroatoms. The van der Waals surface area contributed by atoms with Crippen molar-refractivity contribution in [3.05, 3.63) is 18.1 Å². The van der Waals surface area contributed by atoms with Crippen LogP contribution >= 0.6 is 0 Å². The Balaban J connectivity index is 1.68. The van der Waals surface area contributed by atoms with E-state index in [-0.39, 0.29) is 0 Å². The van der Waals surface area contributed by atoms with Crippen LogP contribution in [0.2, 0.25) is 0 Å². The highest BCUT2D eigenvalue weighted by molar-refractivity contribution is 7.86. The first-order valence-corrected chi connectivity index (χ1v) is 9.17. The van der Waals surface area contributed by atoms with Crippen LogP contribution in [0.3, 0.4) is 0 Å². The maximum atomic E-state index is 11.2. The number of hydrogen-bond donors (Lipinski definition) is 1. The molecule has 1 saturated heterocycles. The Morgan fingerprint density at radius 3 is 2.79 bits per heavy atom. The third kappa shape index (κ3) is 3.04. The van der Waals surface area contributed by atoms with Crippen LogP contribution in [0, 0.1) is 12.8 Å². The summed E-state index contributed by atoms with van der Waals surface area (Å²) in [5.41, 5.74) is 1.94. The van der Waals surface area contributed by atoms with Crippen molar-refractivity contribution in [1.29, 1.82) is 0 Å². The maximum Gasteiger partial charge on any atom is 0.276 e. The second kappa shape index (κ2) is 6.19. The van der Waals surface area contributed by atoms with Crippen molar-refractivity contribution < 1.29 is 13.2 Å². The SMILES string of the molecule is COc1cn2ncnc(N3CC(CCN(C)S(N)(=O)=O)C3)c2c1C. The Morgan fingerprint density at radius 1 is 1.46 bits per heavy atom. The smallest absolute Gasteiger partial charge is 0.276 e. The molecule has 1 aliphatic rings. The van der Waals surface area contributed by atoms with Gasteiger partial charge in [-0.25, -0.2) is 14.6 Å². The third-order valence-electron chi connectivity index (χ3n) is 4.52. The number of aryl methyl sites for hydroxylation is 1. The standard InChI is InChI=1S/C14H22N6O3S/c1-10-12(23-3)8-20-13(10)14(16-9-17-20)19-6-11(7-19)4-5-18(2)24(15,21)22/h8-9,11H,4-7H2,1-3H3,(H2,15,21,22). The summed E-state index contributed by atoms with van der Waals surface area (Å²) in [7, 11) is -0.470. The second-order valence-electron chi connectivity index (χ2n) is 6.13. The van der Waals surface area contributed by atoms with Gasteiger partial charge in [0.1, 0.15) is 17.6 Å². The monoisotopic (exact) mass is 354 g/mol. The Labute approximate surface area is 141 Å². The fraction of sp³-hybridized carbons (Fsp3) is 0.571. The van der Waals surface area contributed by atoms with Gasteiger partial charge in [0, 0.05) is 32.2 Å². The predicted molar refractivity (Wildman–Crippen MR) is 90.3 cm³/mol. The Hall–Kier alpha value is -1.91. The van der Waals surface area contributed by atoms with E-state index in [0.29, 0.717) is 12.5 Å². The molecular weight excluding hydrogens is 332 g/mol. The number of nitrogens with zero attached hydrogens (tertiary/aromatic N) is 5.